The number of carbonyl (C=O) groups is 1. The molecule has 0 heterocycles. The highest BCUT2D eigenvalue weighted by atomic mass is 32.2. The molecule has 1 rings (SSSR count). The lowest BCUT2D eigenvalue weighted by Crippen LogP contribution is -2.51. The molecule has 1 aromatic rings. The molecule has 0 bridgehead atoms. The Morgan fingerprint density at radius 2 is 2.06 bits per heavy atom. The number of thioether (sulfide) groups is 1. The molecule has 0 aliphatic heterocycles. The second-order valence-corrected chi connectivity index (χ2v) is 6.02. The van der Waals surface area contributed by atoms with Crippen LogP contribution in [0.4, 0.5) is 0 Å². The van der Waals surface area contributed by atoms with Gasteiger partial charge in [0.25, 0.3) is 0 Å². The van der Waals surface area contributed by atoms with Gasteiger partial charge in [-0.05, 0) is 39.3 Å². The summed E-state index contributed by atoms with van der Waals surface area (Å²) in [6.45, 7) is 7.33. The van der Waals surface area contributed by atoms with Crippen molar-refractivity contribution >= 4 is 17.7 Å². The van der Waals surface area contributed by atoms with E-state index < -0.39 is 11.6 Å². The molecule has 4 heteroatoms. The van der Waals surface area contributed by atoms with E-state index in [1.165, 1.54) is 17.3 Å². The summed E-state index contributed by atoms with van der Waals surface area (Å²) in [5, 5.41) is 12.4. The quantitative estimate of drug-likeness (QED) is 0.805. The van der Waals surface area contributed by atoms with E-state index in [0.717, 1.165) is 4.90 Å². The first kappa shape index (κ1) is 15.1. The summed E-state index contributed by atoms with van der Waals surface area (Å²) in [6, 6.07) is 7.98. The molecule has 0 fully saturated rings. The van der Waals surface area contributed by atoms with Crippen molar-refractivity contribution in [2.45, 2.75) is 44.2 Å². The largest absolute Gasteiger partial charge is 0.391 e. The molecule has 0 spiro atoms. The monoisotopic (exact) mass is 267 g/mol. The van der Waals surface area contributed by atoms with Crippen LogP contribution in [0.25, 0.3) is 0 Å². The third kappa shape index (κ3) is 4.35. The van der Waals surface area contributed by atoms with Gasteiger partial charge >= 0.3 is 0 Å². The van der Waals surface area contributed by atoms with Gasteiger partial charge in [0.1, 0.15) is 0 Å². The van der Waals surface area contributed by atoms with Crippen LogP contribution in [0.3, 0.4) is 0 Å². The molecule has 100 valence electrons. The van der Waals surface area contributed by atoms with Crippen LogP contribution < -0.4 is 5.32 Å². The lowest BCUT2D eigenvalue weighted by Gasteiger charge is -2.29. The Kier molecular flexibility index (Phi) is 5.23. The molecule has 1 unspecified atom stereocenters. The molecule has 0 saturated heterocycles. The average molecular weight is 267 g/mol. The van der Waals surface area contributed by atoms with E-state index in [2.05, 4.69) is 5.32 Å². The van der Waals surface area contributed by atoms with Crippen molar-refractivity contribution in [3.63, 3.8) is 0 Å². The number of benzene rings is 1. The van der Waals surface area contributed by atoms with E-state index in [-0.39, 0.29) is 5.91 Å². The van der Waals surface area contributed by atoms with Gasteiger partial charge in [0.05, 0.1) is 17.4 Å². The molecule has 0 aliphatic rings. The molecule has 3 nitrogen and oxygen atoms in total. The van der Waals surface area contributed by atoms with Gasteiger partial charge in [-0.15, -0.1) is 11.8 Å². The highest BCUT2D eigenvalue weighted by molar-refractivity contribution is 8.00. The molecule has 1 amide bonds. The third-order valence-electron chi connectivity index (χ3n) is 2.96. The topological polar surface area (TPSA) is 49.3 Å². The fourth-order valence-electron chi connectivity index (χ4n) is 1.36. The first-order chi connectivity index (χ1) is 8.33. The third-order valence-corrected chi connectivity index (χ3v) is 4.13. The van der Waals surface area contributed by atoms with E-state index >= 15 is 0 Å². The van der Waals surface area contributed by atoms with Crippen molar-refractivity contribution in [1.82, 2.24) is 5.32 Å². The summed E-state index contributed by atoms with van der Waals surface area (Å²) in [5.74, 6) is 0.301. The lowest BCUT2D eigenvalue weighted by atomic mass is 9.99. The van der Waals surface area contributed by atoms with Gasteiger partial charge in [0.15, 0.2) is 0 Å². The molecular weight excluding hydrogens is 246 g/mol. The average Bonchev–Trinajstić information content (AvgIpc) is 2.27. The number of amides is 1. The molecule has 18 heavy (non-hydrogen) atoms. The second kappa shape index (κ2) is 6.25. The summed E-state index contributed by atoms with van der Waals surface area (Å²) in [6.07, 6.45) is -0.579. The summed E-state index contributed by atoms with van der Waals surface area (Å²) in [4.78, 5) is 12.9. The van der Waals surface area contributed by atoms with Gasteiger partial charge in [0.2, 0.25) is 5.91 Å². The van der Waals surface area contributed by atoms with Crippen LogP contribution in [-0.2, 0) is 4.79 Å². The molecule has 2 N–H and O–H groups in total. The SMILES string of the molecule is Cc1ccccc1SCC(=O)NC(C)(C)C(C)O. The van der Waals surface area contributed by atoms with E-state index in [9.17, 15) is 9.90 Å². The van der Waals surface area contributed by atoms with Gasteiger partial charge in [-0.25, -0.2) is 0 Å². The number of carbonyl (C=O) groups excluding carboxylic acids is 1. The first-order valence-electron chi connectivity index (χ1n) is 6.00. The second-order valence-electron chi connectivity index (χ2n) is 5.00. The summed E-state index contributed by atoms with van der Waals surface area (Å²) >= 11 is 1.51. The van der Waals surface area contributed by atoms with E-state index in [0.29, 0.717) is 5.75 Å². The molecule has 0 saturated carbocycles. The molecule has 0 radical (unpaired) electrons. The normalized spacial score (nSPS) is 13.2. The van der Waals surface area contributed by atoms with Gasteiger partial charge in [-0.3, -0.25) is 4.79 Å². The Morgan fingerprint density at radius 1 is 1.44 bits per heavy atom. The van der Waals surface area contributed by atoms with Gasteiger partial charge in [-0.1, -0.05) is 18.2 Å². The summed E-state index contributed by atoms with van der Waals surface area (Å²) in [5.41, 5.74) is 0.578. The van der Waals surface area contributed by atoms with E-state index in [4.69, 9.17) is 0 Å². The van der Waals surface area contributed by atoms with Crippen LogP contribution in [0, 0.1) is 6.92 Å². The molecule has 1 atom stereocenters. The van der Waals surface area contributed by atoms with Crippen molar-refractivity contribution in [2.75, 3.05) is 5.75 Å². The van der Waals surface area contributed by atoms with Crippen LogP contribution in [0.5, 0.6) is 0 Å². The number of nitrogens with one attached hydrogen (secondary N) is 1. The summed E-state index contributed by atoms with van der Waals surface area (Å²) < 4.78 is 0. The number of rotatable bonds is 5. The van der Waals surface area contributed by atoms with Gasteiger partial charge < -0.3 is 10.4 Å². The molecule has 1 aromatic carbocycles. The first-order valence-corrected chi connectivity index (χ1v) is 6.99. The van der Waals surface area contributed by atoms with E-state index in [1.807, 2.05) is 45.0 Å². The maximum Gasteiger partial charge on any atom is 0.230 e. The Morgan fingerprint density at radius 3 is 2.61 bits per heavy atom. The number of hydrogen-bond donors (Lipinski definition) is 2. The Balaban J connectivity index is 2.50. The van der Waals surface area contributed by atoms with Gasteiger partial charge in [0, 0.05) is 4.90 Å². The number of aliphatic hydroxyl groups excluding tert-OH is 1. The maximum atomic E-state index is 11.8. The number of hydrogen-bond acceptors (Lipinski definition) is 3. The van der Waals surface area contributed by atoms with Crippen LogP contribution in [0.15, 0.2) is 29.2 Å². The van der Waals surface area contributed by atoms with Crippen molar-refractivity contribution in [3.8, 4) is 0 Å². The zero-order chi connectivity index (χ0) is 13.8. The minimum Gasteiger partial charge on any atom is -0.391 e. The fourth-order valence-corrected chi connectivity index (χ4v) is 2.19. The minimum atomic E-state index is -0.594. The van der Waals surface area contributed by atoms with Crippen LogP contribution in [0.2, 0.25) is 0 Å². The summed E-state index contributed by atoms with van der Waals surface area (Å²) in [7, 11) is 0. The highest BCUT2D eigenvalue weighted by Crippen LogP contribution is 2.21. The zero-order valence-corrected chi connectivity index (χ0v) is 12.2. The smallest absolute Gasteiger partial charge is 0.230 e. The minimum absolute atomic E-state index is 0.0610. The highest BCUT2D eigenvalue weighted by Gasteiger charge is 2.25. The molecule has 0 aliphatic carbocycles. The van der Waals surface area contributed by atoms with Crippen LogP contribution in [-0.4, -0.2) is 28.4 Å². The van der Waals surface area contributed by atoms with Crippen molar-refractivity contribution in [2.24, 2.45) is 0 Å². The lowest BCUT2D eigenvalue weighted by molar-refractivity contribution is -0.121. The standard InChI is InChI=1S/C14H21NO2S/c1-10-7-5-6-8-12(10)18-9-13(17)15-14(3,4)11(2)16/h5-8,11,16H,9H2,1-4H3,(H,15,17). The Hall–Kier alpha value is -1.00. The number of aryl methyl sites for hydroxylation is 1. The van der Waals surface area contributed by atoms with Crippen molar-refractivity contribution < 1.29 is 9.90 Å². The van der Waals surface area contributed by atoms with Crippen LogP contribution >= 0.6 is 11.8 Å². The maximum absolute atomic E-state index is 11.8. The van der Waals surface area contributed by atoms with Crippen LogP contribution in [0.1, 0.15) is 26.3 Å². The van der Waals surface area contributed by atoms with Crippen molar-refractivity contribution in [3.05, 3.63) is 29.8 Å². The Bertz CT molecular complexity index is 416. The predicted octanol–water partition coefficient (Wildman–Crippen LogP) is 2.36. The number of aliphatic hydroxyl groups is 1. The Labute approximate surface area is 113 Å². The van der Waals surface area contributed by atoms with Crippen molar-refractivity contribution in [1.29, 1.82) is 0 Å². The van der Waals surface area contributed by atoms with Gasteiger partial charge in [-0.2, -0.15) is 0 Å². The molecule has 0 aromatic heterocycles. The zero-order valence-electron chi connectivity index (χ0n) is 11.4. The predicted molar refractivity (Wildman–Crippen MR) is 75.8 cm³/mol. The van der Waals surface area contributed by atoms with E-state index in [1.54, 1.807) is 6.92 Å². The molecular formula is C14H21NO2S. The fraction of sp³-hybridized carbons (Fsp3) is 0.500.